The topological polar surface area (TPSA) is 87.0 Å². The quantitative estimate of drug-likeness (QED) is 0.255. The first-order valence-corrected chi connectivity index (χ1v) is 11.9. The third kappa shape index (κ3) is 9.27. The Labute approximate surface area is 192 Å². The predicted octanol–water partition coefficient (Wildman–Crippen LogP) is 4.27. The first-order chi connectivity index (χ1) is 15.3. The molecule has 5 nitrogen and oxygen atoms in total. The Kier molecular flexibility index (Phi) is 11.1. The second-order valence-electron chi connectivity index (χ2n) is 9.23. The summed E-state index contributed by atoms with van der Waals surface area (Å²) in [5, 5.41) is 31.1. The molecule has 1 aromatic rings. The molecule has 5 atom stereocenters. The fourth-order valence-electron chi connectivity index (χ4n) is 4.30. The van der Waals surface area contributed by atoms with Gasteiger partial charge in [0.15, 0.2) is 0 Å². The second kappa shape index (κ2) is 13.6. The van der Waals surface area contributed by atoms with E-state index >= 15 is 0 Å². The highest BCUT2D eigenvalue weighted by Crippen LogP contribution is 2.36. The van der Waals surface area contributed by atoms with Crippen molar-refractivity contribution in [1.82, 2.24) is 0 Å². The highest BCUT2D eigenvalue weighted by molar-refractivity contribution is 5.69. The van der Waals surface area contributed by atoms with Crippen molar-refractivity contribution in [2.45, 2.75) is 90.1 Å². The molecule has 0 bridgehead atoms. The molecular formula is C27H40O5. The van der Waals surface area contributed by atoms with E-state index in [0.29, 0.717) is 25.7 Å². The highest BCUT2D eigenvalue weighted by atomic mass is 16.5. The molecule has 5 heteroatoms. The summed E-state index contributed by atoms with van der Waals surface area (Å²) in [4.78, 5) is 11.6. The Bertz CT molecular complexity index is 754. The summed E-state index contributed by atoms with van der Waals surface area (Å²) in [6.07, 6.45) is 10.2. The maximum Gasteiger partial charge on any atom is 0.306 e. The van der Waals surface area contributed by atoms with Crippen LogP contribution in [-0.4, -0.2) is 45.7 Å². The number of aliphatic hydroxyl groups excluding tert-OH is 3. The van der Waals surface area contributed by atoms with Crippen molar-refractivity contribution in [2.75, 3.05) is 0 Å². The molecule has 0 aromatic heterocycles. The first-order valence-electron chi connectivity index (χ1n) is 11.9. The van der Waals surface area contributed by atoms with Crippen molar-refractivity contribution in [2.24, 2.45) is 11.8 Å². The Hall–Kier alpha value is -1.95. The maximum atomic E-state index is 11.6. The van der Waals surface area contributed by atoms with Crippen molar-refractivity contribution < 1.29 is 24.9 Å². The van der Waals surface area contributed by atoms with E-state index in [1.54, 1.807) is 6.08 Å². The van der Waals surface area contributed by atoms with E-state index < -0.39 is 18.3 Å². The van der Waals surface area contributed by atoms with Gasteiger partial charge in [-0.15, -0.1) is 0 Å². The molecule has 0 amide bonds. The second-order valence-corrected chi connectivity index (χ2v) is 9.23. The summed E-state index contributed by atoms with van der Waals surface area (Å²) in [6.45, 7) is 5.74. The largest absolute Gasteiger partial charge is 0.463 e. The first kappa shape index (κ1) is 26.3. The standard InChI is InChI=1S/C27H40O5/c1-19(2)32-27(31)12-7-5-4-6-11-23-24(26(30)18-25(23)29)16-15-22(28)14-13-21-10-8-9-20(3)17-21/h4,6,8-10,15-17,19,22-26,28-30H,5,7,11-14,18H2,1-3H3/b6-4-,16-15+/t22-,23+,24+,25-,26+/m0/s1/i3-1. The van der Waals surface area contributed by atoms with Crippen LogP contribution in [0.4, 0.5) is 0 Å². The van der Waals surface area contributed by atoms with Crippen molar-refractivity contribution in [1.29, 1.82) is 0 Å². The van der Waals surface area contributed by atoms with Crippen LogP contribution >= 0.6 is 0 Å². The van der Waals surface area contributed by atoms with Gasteiger partial charge in [-0.3, -0.25) is 4.79 Å². The molecule has 3 N–H and O–H groups in total. The van der Waals surface area contributed by atoms with Crippen LogP contribution in [0.1, 0.15) is 63.5 Å². The molecule has 0 aliphatic heterocycles. The lowest BCUT2D eigenvalue weighted by Gasteiger charge is -2.19. The number of carbonyl (C=O) groups excluding carboxylic acids is 1. The zero-order valence-electron chi connectivity index (χ0n) is 19.7. The van der Waals surface area contributed by atoms with Crippen LogP contribution in [0.3, 0.4) is 0 Å². The number of hydrogen-bond donors (Lipinski definition) is 3. The smallest absolute Gasteiger partial charge is 0.306 e. The number of ether oxygens (including phenoxy) is 1. The van der Waals surface area contributed by atoms with Crippen LogP contribution in [-0.2, 0) is 16.0 Å². The Morgan fingerprint density at radius 3 is 2.72 bits per heavy atom. The number of esters is 1. The zero-order chi connectivity index (χ0) is 23.5. The molecule has 0 unspecified atom stereocenters. The number of hydrogen-bond acceptors (Lipinski definition) is 5. The lowest BCUT2D eigenvalue weighted by atomic mass is 9.89. The van der Waals surface area contributed by atoms with Crippen LogP contribution in [0.15, 0.2) is 48.6 Å². The minimum absolute atomic E-state index is 0.0765. The molecule has 0 radical (unpaired) electrons. The van der Waals surface area contributed by atoms with Crippen LogP contribution in [0, 0.1) is 18.8 Å². The molecule has 1 aliphatic rings. The van der Waals surface area contributed by atoms with Crippen molar-refractivity contribution in [3.8, 4) is 0 Å². The van der Waals surface area contributed by atoms with E-state index in [4.69, 9.17) is 4.74 Å². The van der Waals surface area contributed by atoms with Crippen molar-refractivity contribution in [3.63, 3.8) is 0 Å². The molecule has 1 aromatic carbocycles. The van der Waals surface area contributed by atoms with Gasteiger partial charge in [-0.2, -0.15) is 0 Å². The van der Waals surface area contributed by atoms with Gasteiger partial charge in [0.05, 0.1) is 24.4 Å². The van der Waals surface area contributed by atoms with E-state index in [2.05, 4.69) is 25.1 Å². The molecule has 1 fully saturated rings. The van der Waals surface area contributed by atoms with E-state index in [1.807, 2.05) is 38.1 Å². The lowest BCUT2D eigenvalue weighted by molar-refractivity contribution is -0.147. The number of aliphatic hydroxyl groups is 3. The van der Waals surface area contributed by atoms with Gasteiger partial charge in [0.1, 0.15) is 0 Å². The van der Waals surface area contributed by atoms with Gasteiger partial charge in [0.2, 0.25) is 0 Å². The summed E-state index contributed by atoms with van der Waals surface area (Å²) >= 11 is 0. The lowest BCUT2D eigenvalue weighted by Crippen LogP contribution is -2.20. The maximum absolute atomic E-state index is 11.6. The normalized spacial score (nSPS) is 24.6. The number of allylic oxidation sites excluding steroid dienone is 2. The number of carbonyl (C=O) groups is 1. The highest BCUT2D eigenvalue weighted by Gasteiger charge is 2.39. The summed E-state index contributed by atoms with van der Waals surface area (Å²) < 4.78 is 5.12. The minimum Gasteiger partial charge on any atom is -0.463 e. The van der Waals surface area contributed by atoms with Crippen LogP contribution in [0.2, 0.25) is 0 Å². The summed E-state index contributed by atoms with van der Waals surface area (Å²) in [6, 6.07) is 8.28. The number of aryl methyl sites for hydroxylation is 2. The molecule has 1 aliphatic carbocycles. The molecular weight excluding hydrogens is 403 g/mol. The van der Waals surface area contributed by atoms with Gasteiger partial charge in [-0.05, 0) is 64.4 Å². The van der Waals surface area contributed by atoms with Gasteiger partial charge in [0.25, 0.3) is 0 Å². The van der Waals surface area contributed by atoms with E-state index in [9.17, 15) is 20.1 Å². The Morgan fingerprint density at radius 1 is 1.22 bits per heavy atom. The van der Waals surface area contributed by atoms with Crippen LogP contribution in [0.25, 0.3) is 0 Å². The molecule has 0 spiro atoms. The SMILES string of the molecule is CC(C)OC(=O)CCC/C=C\C[C@@H]1[C@@H](/C=C/[C@@H](O)CCc2cccc([11CH3])c2)[C@H](O)C[C@@H]1O. The molecule has 1 saturated carbocycles. The molecule has 0 saturated heterocycles. The predicted molar refractivity (Wildman–Crippen MR) is 127 cm³/mol. The monoisotopic (exact) mass is 443 g/mol. The van der Waals surface area contributed by atoms with Gasteiger partial charge >= 0.3 is 5.97 Å². The van der Waals surface area contributed by atoms with Crippen molar-refractivity contribution >= 4 is 5.97 Å². The number of unbranched alkanes of at least 4 members (excludes halogenated alkanes) is 1. The van der Waals surface area contributed by atoms with E-state index in [0.717, 1.165) is 19.3 Å². The fourth-order valence-corrected chi connectivity index (χ4v) is 4.30. The number of rotatable bonds is 12. The van der Waals surface area contributed by atoms with Gasteiger partial charge in [-0.25, -0.2) is 0 Å². The van der Waals surface area contributed by atoms with Gasteiger partial charge in [0, 0.05) is 18.8 Å². The molecule has 0 heterocycles. The van der Waals surface area contributed by atoms with Crippen LogP contribution < -0.4 is 0 Å². The van der Waals surface area contributed by atoms with Crippen molar-refractivity contribution in [3.05, 3.63) is 59.7 Å². The molecule has 32 heavy (non-hydrogen) atoms. The summed E-state index contributed by atoms with van der Waals surface area (Å²) in [5.74, 6) is -0.425. The third-order valence-electron chi connectivity index (χ3n) is 5.98. The Balaban J connectivity index is 1.78. The van der Waals surface area contributed by atoms with E-state index in [-0.39, 0.29) is 23.9 Å². The van der Waals surface area contributed by atoms with Gasteiger partial charge < -0.3 is 20.1 Å². The van der Waals surface area contributed by atoms with E-state index in [1.165, 1.54) is 11.1 Å². The molecule has 178 valence electrons. The minimum atomic E-state index is -0.602. The number of benzene rings is 1. The van der Waals surface area contributed by atoms with Gasteiger partial charge in [-0.1, -0.05) is 54.1 Å². The zero-order valence-corrected chi connectivity index (χ0v) is 19.7. The molecule has 2 rings (SSSR count). The fraction of sp³-hybridized carbons (Fsp3) is 0.593. The third-order valence-corrected chi connectivity index (χ3v) is 5.98. The average molecular weight is 444 g/mol. The van der Waals surface area contributed by atoms with Crippen LogP contribution in [0.5, 0.6) is 0 Å². The summed E-state index contributed by atoms with van der Waals surface area (Å²) in [5.41, 5.74) is 2.41. The summed E-state index contributed by atoms with van der Waals surface area (Å²) in [7, 11) is 0. The Morgan fingerprint density at radius 2 is 2.00 bits per heavy atom. The average Bonchev–Trinajstić information content (AvgIpc) is 2.99.